The zero-order chi connectivity index (χ0) is 17.7. The third-order valence-corrected chi connectivity index (χ3v) is 4.91. The summed E-state index contributed by atoms with van der Waals surface area (Å²) in [6, 6.07) is 9.89. The van der Waals surface area contributed by atoms with Crippen molar-refractivity contribution in [1.82, 2.24) is 5.32 Å². The van der Waals surface area contributed by atoms with E-state index in [4.69, 9.17) is 0 Å². The van der Waals surface area contributed by atoms with Gasteiger partial charge in [0.1, 0.15) is 5.82 Å². The lowest BCUT2D eigenvalue weighted by atomic mass is 10.2. The summed E-state index contributed by atoms with van der Waals surface area (Å²) in [5, 5.41) is 2.44. The number of rotatable bonds is 5. The number of amides is 1. The van der Waals surface area contributed by atoms with Crippen LogP contribution in [0.15, 0.2) is 57.9 Å². The molecule has 5 nitrogen and oxygen atoms in total. The van der Waals surface area contributed by atoms with Gasteiger partial charge in [-0.15, -0.1) is 0 Å². The lowest BCUT2D eigenvalue weighted by Crippen LogP contribution is -2.14. The molecular formula is C16H14BrFN2O3S. The summed E-state index contributed by atoms with van der Waals surface area (Å²) >= 11 is 3.11. The second kappa shape index (κ2) is 7.59. The van der Waals surface area contributed by atoms with Crippen LogP contribution in [-0.4, -0.2) is 21.4 Å². The topological polar surface area (TPSA) is 75.3 Å². The predicted molar refractivity (Wildman–Crippen MR) is 94.5 cm³/mol. The second-order valence-corrected chi connectivity index (χ2v) is 7.34. The van der Waals surface area contributed by atoms with Gasteiger partial charge in [0.05, 0.1) is 10.6 Å². The zero-order valence-electron chi connectivity index (χ0n) is 12.6. The smallest absolute Gasteiger partial charge is 0.261 e. The molecule has 0 saturated carbocycles. The van der Waals surface area contributed by atoms with Crippen molar-refractivity contribution < 1.29 is 17.6 Å². The second-order valence-electron chi connectivity index (χ2n) is 4.75. The number of hydrogen-bond donors (Lipinski definition) is 2. The van der Waals surface area contributed by atoms with Gasteiger partial charge < -0.3 is 5.32 Å². The Hall–Kier alpha value is -2.19. The first-order chi connectivity index (χ1) is 11.3. The molecule has 126 valence electrons. The highest BCUT2D eigenvalue weighted by molar-refractivity contribution is 9.10. The molecule has 0 spiro atoms. The van der Waals surface area contributed by atoms with Gasteiger partial charge >= 0.3 is 0 Å². The first kappa shape index (κ1) is 18.2. The number of benzene rings is 2. The Morgan fingerprint density at radius 1 is 1.17 bits per heavy atom. The predicted octanol–water partition coefficient (Wildman–Crippen LogP) is 3.15. The zero-order valence-corrected chi connectivity index (χ0v) is 15.0. The van der Waals surface area contributed by atoms with E-state index >= 15 is 0 Å². The minimum atomic E-state index is -3.91. The van der Waals surface area contributed by atoms with Gasteiger partial charge in [-0.25, -0.2) is 12.8 Å². The number of likely N-dealkylation sites (N-methyl/N-ethyl adjacent to an activating group) is 1. The van der Waals surface area contributed by atoms with E-state index in [0.29, 0.717) is 10.0 Å². The number of sulfonamides is 1. The van der Waals surface area contributed by atoms with E-state index in [-0.39, 0.29) is 16.5 Å². The average molecular weight is 413 g/mol. The SMILES string of the molecule is CNC(=O)/C=C/c1ccc(S(=O)(=O)Nc2ccc(Br)cc2F)cc1. The van der Waals surface area contributed by atoms with Crippen molar-refractivity contribution in [2.45, 2.75) is 4.90 Å². The van der Waals surface area contributed by atoms with E-state index in [0.717, 1.165) is 0 Å². The van der Waals surface area contributed by atoms with Crippen LogP contribution in [0.3, 0.4) is 0 Å². The van der Waals surface area contributed by atoms with Crippen LogP contribution in [0.4, 0.5) is 10.1 Å². The number of carbonyl (C=O) groups excluding carboxylic acids is 1. The maximum atomic E-state index is 13.8. The van der Waals surface area contributed by atoms with Crippen LogP contribution in [0.1, 0.15) is 5.56 Å². The number of halogens is 2. The number of anilines is 1. The molecule has 2 N–H and O–H groups in total. The molecule has 8 heteroatoms. The maximum absolute atomic E-state index is 13.8. The molecule has 24 heavy (non-hydrogen) atoms. The Morgan fingerprint density at radius 3 is 2.42 bits per heavy atom. The molecule has 0 aliphatic heterocycles. The first-order valence-corrected chi connectivity index (χ1v) is 9.07. The number of carbonyl (C=O) groups is 1. The van der Waals surface area contributed by atoms with Crippen LogP contribution in [0, 0.1) is 5.82 Å². The first-order valence-electron chi connectivity index (χ1n) is 6.79. The summed E-state index contributed by atoms with van der Waals surface area (Å²) in [7, 11) is -2.40. The monoisotopic (exact) mass is 412 g/mol. The highest BCUT2D eigenvalue weighted by Gasteiger charge is 2.16. The molecule has 0 aliphatic rings. The summed E-state index contributed by atoms with van der Waals surface area (Å²) < 4.78 is 41.1. The molecule has 0 radical (unpaired) electrons. The van der Waals surface area contributed by atoms with E-state index in [1.54, 1.807) is 18.2 Å². The molecular weight excluding hydrogens is 399 g/mol. The molecule has 0 unspecified atom stereocenters. The lowest BCUT2D eigenvalue weighted by Gasteiger charge is -2.09. The van der Waals surface area contributed by atoms with Crippen LogP contribution in [0.25, 0.3) is 6.08 Å². The van der Waals surface area contributed by atoms with Gasteiger partial charge in [0.2, 0.25) is 5.91 Å². The maximum Gasteiger partial charge on any atom is 0.261 e. The Bertz CT molecular complexity index is 881. The average Bonchev–Trinajstić information content (AvgIpc) is 2.55. The third-order valence-electron chi connectivity index (χ3n) is 3.04. The fraction of sp³-hybridized carbons (Fsp3) is 0.0625. The van der Waals surface area contributed by atoms with Crippen molar-refractivity contribution >= 4 is 43.6 Å². The van der Waals surface area contributed by atoms with Crippen molar-refractivity contribution in [3.8, 4) is 0 Å². The molecule has 0 bridgehead atoms. The molecule has 1 amide bonds. The Balaban J connectivity index is 2.20. The van der Waals surface area contributed by atoms with Crippen LogP contribution >= 0.6 is 15.9 Å². The van der Waals surface area contributed by atoms with Gasteiger partial charge in [0.15, 0.2) is 0 Å². The highest BCUT2D eigenvalue weighted by Crippen LogP contribution is 2.22. The summed E-state index contributed by atoms with van der Waals surface area (Å²) in [5.41, 5.74) is 0.522. The lowest BCUT2D eigenvalue weighted by molar-refractivity contribution is -0.115. The molecule has 0 fully saturated rings. The summed E-state index contributed by atoms with van der Waals surface area (Å²) in [4.78, 5) is 11.1. The molecule has 2 aromatic carbocycles. The standard InChI is InChI=1S/C16H14BrFN2O3S/c1-19-16(21)9-4-11-2-6-13(7-3-11)24(22,23)20-15-8-5-12(17)10-14(15)18/h2-10,20H,1H3,(H,19,21)/b9-4+. The molecule has 0 atom stereocenters. The van der Waals surface area contributed by atoms with Crippen molar-refractivity contribution in [2.24, 2.45) is 0 Å². The molecule has 2 rings (SSSR count). The van der Waals surface area contributed by atoms with E-state index < -0.39 is 15.8 Å². The summed E-state index contributed by atoms with van der Waals surface area (Å²) in [6.07, 6.45) is 2.88. The third kappa shape index (κ3) is 4.65. The van der Waals surface area contributed by atoms with Crippen LogP contribution < -0.4 is 10.0 Å². The minimum Gasteiger partial charge on any atom is -0.356 e. The van der Waals surface area contributed by atoms with E-state index in [1.807, 2.05) is 0 Å². The minimum absolute atomic E-state index is 0.0121. The Kier molecular flexibility index (Phi) is 5.74. The van der Waals surface area contributed by atoms with Gasteiger partial charge in [-0.3, -0.25) is 9.52 Å². The fourth-order valence-electron chi connectivity index (χ4n) is 1.79. The molecule has 0 aliphatic carbocycles. The van der Waals surface area contributed by atoms with Crippen LogP contribution in [-0.2, 0) is 14.8 Å². The quantitative estimate of drug-likeness (QED) is 0.740. The van der Waals surface area contributed by atoms with Gasteiger partial charge in [0, 0.05) is 17.6 Å². The largest absolute Gasteiger partial charge is 0.356 e. The van der Waals surface area contributed by atoms with Gasteiger partial charge in [0.25, 0.3) is 10.0 Å². The molecule has 0 heterocycles. The van der Waals surface area contributed by atoms with Gasteiger partial charge in [-0.05, 0) is 42.0 Å². The van der Waals surface area contributed by atoms with Crippen molar-refractivity contribution in [3.63, 3.8) is 0 Å². The fourth-order valence-corrected chi connectivity index (χ4v) is 3.19. The van der Waals surface area contributed by atoms with Gasteiger partial charge in [-0.1, -0.05) is 28.1 Å². The van der Waals surface area contributed by atoms with E-state index in [9.17, 15) is 17.6 Å². The summed E-state index contributed by atoms with van der Waals surface area (Å²) in [6.45, 7) is 0. The molecule has 0 saturated heterocycles. The van der Waals surface area contributed by atoms with E-state index in [2.05, 4.69) is 26.0 Å². The number of hydrogen-bond acceptors (Lipinski definition) is 3. The molecule has 0 aromatic heterocycles. The molecule has 2 aromatic rings. The van der Waals surface area contributed by atoms with Crippen molar-refractivity contribution in [1.29, 1.82) is 0 Å². The Morgan fingerprint density at radius 2 is 1.83 bits per heavy atom. The highest BCUT2D eigenvalue weighted by atomic mass is 79.9. The van der Waals surface area contributed by atoms with Gasteiger partial charge in [-0.2, -0.15) is 0 Å². The van der Waals surface area contributed by atoms with Crippen molar-refractivity contribution in [3.05, 3.63) is 64.4 Å². The normalized spacial score (nSPS) is 11.5. The Labute approximate surface area is 147 Å². The summed E-state index contributed by atoms with van der Waals surface area (Å²) in [5.74, 6) is -0.947. The van der Waals surface area contributed by atoms with Crippen molar-refractivity contribution in [2.75, 3.05) is 11.8 Å². The van der Waals surface area contributed by atoms with Crippen LogP contribution in [0.5, 0.6) is 0 Å². The van der Waals surface area contributed by atoms with Crippen LogP contribution in [0.2, 0.25) is 0 Å². The number of nitrogens with one attached hydrogen (secondary N) is 2. The van der Waals surface area contributed by atoms with E-state index in [1.165, 1.54) is 43.5 Å².